The first-order chi connectivity index (χ1) is 7.74. The maximum absolute atomic E-state index is 10.9. The Labute approximate surface area is 97.9 Å². The number of ether oxygens (including phenoxy) is 1. The zero-order valence-electron chi connectivity index (χ0n) is 10.6. The summed E-state index contributed by atoms with van der Waals surface area (Å²) in [6.07, 6.45) is 3.74. The summed E-state index contributed by atoms with van der Waals surface area (Å²) in [5.41, 5.74) is 0.479. The van der Waals surface area contributed by atoms with Gasteiger partial charge in [-0.2, -0.15) is 0 Å². The summed E-state index contributed by atoms with van der Waals surface area (Å²) in [4.78, 5) is 14.9. The van der Waals surface area contributed by atoms with Gasteiger partial charge in [0, 0.05) is 6.92 Å². The van der Waals surface area contributed by atoms with E-state index in [0.717, 1.165) is 18.6 Å². The van der Waals surface area contributed by atoms with Crippen LogP contribution in [0.2, 0.25) is 0 Å². The predicted molar refractivity (Wildman–Crippen MR) is 66.0 cm³/mol. The number of aromatic nitrogens is 1. The van der Waals surface area contributed by atoms with Gasteiger partial charge in [0.1, 0.15) is 11.4 Å². The lowest BCUT2D eigenvalue weighted by atomic mass is 10.3. The standard InChI is InChI=1S/C11H15NO2.C2H6/c1-3-4-7-14-10-5-6-11(9(2)13)12-8-10;1-2/h5-6,8H,3-4,7H2,1-2H3;1-2H3. The molecule has 1 heterocycles. The van der Waals surface area contributed by atoms with Gasteiger partial charge in [0.05, 0.1) is 12.8 Å². The zero-order valence-corrected chi connectivity index (χ0v) is 10.6. The van der Waals surface area contributed by atoms with Crippen LogP contribution in [0.3, 0.4) is 0 Å². The van der Waals surface area contributed by atoms with Crippen molar-refractivity contribution in [3.05, 3.63) is 24.0 Å². The Hall–Kier alpha value is -1.38. The summed E-state index contributed by atoms with van der Waals surface area (Å²) in [5.74, 6) is 0.702. The van der Waals surface area contributed by atoms with Crippen molar-refractivity contribution in [2.45, 2.75) is 40.5 Å². The third-order valence-corrected chi connectivity index (χ3v) is 1.86. The Bertz CT molecular complexity index is 293. The van der Waals surface area contributed by atoms with Gasteiger partial charge in [-0.15, -0.1) is 0 Å². The minimum absolute atomic E-state index is 0.0230. The van der Waals surface area contributed by atoms with Crippen molar-refractivity contribution in [1.29, 1.82) is 0 Å². The van der Waals surface area contributed by atoms with E-state index in [2.05, 4.69) is 11.9 Å². The summed E-state index contributed by atoms with van der Waals surface area (Å²) in [5, 5.41) is 0. The highest BCUT2D eigenvalue weighted by atomic mass is 16.5. The fourth-order valence-electron chi connectivity index (χ4n) is 1.01. The minimum atomic E-state index is -0.0230. The molecule has 16 heavy (non-hydrogen) atoms. The molecule has 0 N–H and O–H groups in total. The number of nitrogens with zero attached hydrogens (tertiary/aromatic N) is 1. The first-order valence-corrected chi connectivity index (χ1v) is 5.84. The van der Waals surface area contributed by atoms with Crippen molar-refractivity contribution in [2.75, 3.05) is 6.61 Å². The average molecular weight is 223 g/mol. The van der Waals surface area contributed by atoms with Crippen LogP contribution in [0.25, 0.3) is 0 Å². The van der Waals surface area contributed by atoms with E-state index >= 15 is 0 Å². The van der Waals surface area contributed by atoms with E-state index in [1.54, 1.807) is 18.3 Å². The molecule has 0 fully saturated rings. The van der Waals surface area contributed by atoms with Gasteiger partial charge in [-0.3, -0.25) is 4.79 Å². The van der Waals surface area contributed by atoms with Crippen molar-refractivity contribution >= 4 is 5.78 Å². The molecule has 1 aromatic heterocycles. The molecule has 0 spiro atoms. The summed E-state index contributed by atoms with van der Waals surface area (Å²) in [7, 11) is 0. The maximum Gasteiger partial charge on any atom is 0.178 e. The lowest BCUT2D eigenvalue weighted by Crippen LogP contribution is -1.99. The number of unbranched alkanes of at least 4 members (excludes halogenated alkanes) is 1. The molecule has 0 amide bonds. The Morgan fingerprint density at radius 1 is 1.38 bits per heavy atom. The lowest BCUT2D eigenvalue weighted by Gasteiger charge is -2.04. The van der Waals surface area contributed by atoms with E-state index in [1.807, 2.05) is 13.8 Å². The summed E-state index contributed by atoms with van der Waals surface area (Å²) >= 11 is 0. The molecule has 0 aliphatic heterocycles. The van der Waals surface area contributed by atoms with Crippen molar-refractivity contribution in [3.63, 3.8) is 0 Å². The largest absolute Gasteiger partial charge is 0.492 e. The summed E-state index contributed by atoms with van der Waals surface area (Å²) in [6.45, 7) is 8.32. The van der Waals surface area contributed by atoms with Gasteiger partial charge < -0.3 is 4.74 Å². The number of carbonyl (C=O) groups is 1. The number of rotatable bonds is 5. The van der Waals surface area contributed by atoms with Crippen molar-refractivity contribution in [1.82, 2.24) is 4.98 Å². The quantitative estimate of drug-likeness (QED) is 0.566. The van der Waals surface area contributed by atoms with Gasteiger partial charge >= 0.3 is 0 Å². The first-order valence-electron chi connectivity index (χ1n) is 5.84. The van der Waals surface area contributed by atoms with Crippen LogP contribution < -0.4 is 4.74 Å². The summed E-state index contributed by atoms with van der Waals surface area (Å²) < 4.78 is 5.41. The number of hydrogen-bond donors (Lipinski definition) is 0. The van der Waals surface area contributed by atoms with Gasteiger partial charge in [0.25, 0.3) is 0 Å². The van der Waals surface area contributed by atoms with Crippen molar-refractivity contribution < 1.29 is 9.53 Å². The molecule has 0 aliphatic rings. The van der Waals surface area contributed by atoms with Crippen LogP contribution in [0.4, 0.5) is 0 Å². The molecule has 0 saturated carbocycles. The number of pyridine rings is 1. The van der Waals surface area contributed by atoms with E-state index < -0.39 is 0 Å². The lowest BCUT2D eigenvalue weighted by molar-refractivity contribution is 0.101. The van der Waals surface area contributed by atoms with Crippen LogP contribution in [-0.4, -0.2) is 17.4 Å². The van der Waals surface area contributed by atoms with Crippen LogP contribution >= 0.6 is 0 Å². The number of carbonyl (C=O) groups excluding carboxylic acids is 1. The van der Waals surface area contributed by atoms with Crippen LogP contribution in [-0.2, 0) is 0 Å². The Balaban J connectivity index is 0.00000106. The smallest absolute Gasteiger partial charge is 0.178 e. The SMILES string of the molecule is CC.CCCCOc1ccc(C(C)=O)nc1. The molecule has 1 aromatic rings. The highest BCUT2D eigenvalue weighted by molar-refractivity contribution is 5.92. The average Bonchev–Trinajstić information content (AvgIpc) is 2.33. The molecule has 0 unspecified atom stereocenters. The third kappa shape index (κ3) is 5.49. The highest BCUT2D eigenvalue weighted by Crippen LogP contribution is 2.09. The number of ketones is 1. The van der Waals surface area contributed by atoms with Gasteiger partial charge in [-0.05, 0) is 18.6 Å². The molecule has 3 heteroatoms. The van der Waals surface area contributed by atoms with Crippen LogP contribution in [0.1, 0.15) is 51.0 Å². The van der Waals surface area contributed by atoms with Crippen molar-refractivity contribution in [3.8, 4) is 5.75 Å². The summed E-state index contributed by atoms with van der Waals surface area (Å²) in [6, 6.07) is 3.46. The van der Waals surface area contributed by atoms with E-state index in [9.17, 15) is 4.79 Å². The molecule has 0 atom stereocenters. The first kappa shape index (κ1) is 14.6. The van der Waals surface area contributed by atoms with Gasteiger partial charge in [0.15, 0.2) is 5.78 Å². The Morgan fingerprint density at radius 2 is 2.06 bits per heavy atom. The molecule has 90 valence electrons. The second kappa shape index (κ2) is 8.89. The molecule has 0 saturated heterocycles. The molecule has 0 bridgehead atoms. The predicted octanol–water partition coefficient (Wildman–Crippen LogP) is 3.49. The van der Waals surface area contributed by atoms with Gasteiger partial charge in [-0.1, -0.05) is 27.2 Å². The van der Waals surface area contributed by atoms with E-state index in [4.69, 9.17) is 4.74 Å². The molecule has 0 radical (unpaired) electrons. The zero-order chi connectivity index (χ0) is 12.4. The minimum Gasteiger partial charge on any atom is -0.492 e. The van der Waals surface area contributed by atoms with Crippen LogP contribution in [0.5, 0.6) is 5.75 Å². The third-order valence-electron chi connectivity index (χ3n) is 1.86. The molecule has 3 nitrogen and oxygen atoms in total. The molecule has 0 aromatic carbocycles. The van der Waals surface area contributed by atoms with Gasteiger partial charge in [0.2, 0.25) is 0 Å². The van der Waals surface area contributed by atoms with E-state index in [0.29, 0.717) is 12.3 Å². The van der Waals surface area contributed by atoms with E-state index in [-0.39, 0.29) is 5.78 Å². The van der Waals surface area contributed by atoms with Crippen molar-refractivity contribution in [2.24, 2.45) is 0 Å². The normalized spacial score (nSPS) is 9.00. The monoisotopic (exact) mass is 223 g/mol. The van der Waals surface area contributed by atoms with Gasteiger partial charge in [-0.25, -0.2) is 4.98 Å². The molecular weight excluding hydrogens is 202 g/mol. The van der Waals surface area contributed by atoms with Crippen LogP contribution in [0.15, 0.2) is 18.3 Å². The maximum atomic E-state index is 10.9. The Kier molecular flexibility index (Phi) is 8.12. The fraction of sp³-hybridized carbons (Fsp3) is 0.538. The molecular formula is C13H21NO2. The Morgan fingerprint density at radius 3 is 2.50 bits per heavy atom. The fourth-order valence-corrected chi connectivity index (χ4v) is 1.01. The molecule has 1 rings (SSSR count). The molecule has 0 aliphatic carbocycles. The number of hydrogen-bond acceptors (Lipinski definition) is 3. The van der Waals surface area contributed by atoms with E-state index in [1.165, 1.54) is 6.92 Å². The highest BCUT2D eigenvalue weighted by Gasteiger charge is 2.00. The number of Topliss-reactive ketones (excluding diaryl/α,β-unsaturated/α-hetero) is 1. The topological polar surface area (TPSA) is 39.2 Å². The second-order valence-corrected chi connectivity index (χ2v) is 3.14. The van der Waals surface area contributed by atoms with Crippen LogP contribution in [0, 0.1) is 0 Å². The second-order valence-electron chi connectivity index (χ2n) is 3.14.